The van der Waals surface area contributed by atoms with Crippen molar-refractivity contribution in [1.29, 1.82) is 0 Å². The summed E-state index contributed by atoms with van der Waals surface area (Å²) in [5.74, 6) is 0. The fraction of sp³-hybridized carbons (Fsp3) is 1.00. The zero-order valence-corrected chi connectivity index (χ0v) is 12.2. The van der Waals surface area contributed by atoms with Crippen LogP contribution in [0.5, 0.6) is 0 Å². The molecule has 1 N–H and O–H groups in total. The Labute approximate surface area is 108 Å². The molecule has 0 fully saturated rings. The third-order valence-electron chi connectivity index (χ3n) is 2.31. The maximum Gasteiger partial charge on any atom is 0.154 e. The van der Waals surface area contributed by atoms with E-state index in [0.29, 0.717) is 6.61 Å². The largest absolute Gasteiger partial charge is 0.396 e. The molecule has 0 aromatic rings. The highest BCUT2D eigenvalue weighted by Crippen LogP contribution is 2.03. The second kappa shape index (κ2) is 18.3. The average Bonchev–Trinajstić information content (AvgIpc) is 2.31. The van der Waals surface area contributed by atoms with E-state index in [2.05, 4.69) is 6.92 Å². The Hall–Kier alpha value is -0.120. The van der Waals surface area contributed by atoms with Crippen molar-refractivity contribution >= 4 is 0 Å². The second-order valence-electron chi connectivity index (χ2n) is 3.97. The second-order valence-corrected chi connectivity index (χ2v) is 3.97. The third-order valence-corrected chi connectivity index (χ3v) is 2.31. The summed E-state index contributed by atoms with van der Waals surface area (Å²) < 4.78 is 10.1. The molecule has 3 heteroatoms. The summed E-state index contributed by atoms with van der Waals surface area (Å²) in [5.41, 5.74) is 0. The van der Waals surface area contributed by atoms with Gasteiger partial charge in [-0.05, 0) is 27.2 Å². The van der Waals surface area contributed by atoms with Crippen LogP contribution >= 0.6 is 0 Å². The van der Waals surface area contributed by atoms with E-state index >= 15 is 0 Å². The van der Waals surface area contributed by atoms with Crippen molar-refractivity contribution in [1.82, 2.24) is 0 Å². The molecule has 0 aliphatic carbocycles. The number of ether oxygens (including phenoxy) is 2. The lowest BCUT2D eigenvalue weighted by molar-refractivity contribution is -0.123. The van der Waals surface area contributed by atoms with Crippen LogP contribution in [0.25, 0.3) is 0 Å². The number of rotatable bonds is 10. The number of aliphatic hydroxyl groups is 1. The van der Waals surface area contributed by atoms with Crippen LogP contribution in [-0.4, -0.2) is 31.2 Å². The van der Waals surface area contributed by atoms with E-state index in [1.54, 1.807) is 0 Å². The minimum absolute atomic E-state index is 0.0370. The molecular formula is C14H32O3. The Morgan fingerprint density at radius 2 is 1.29 bits per heavy atom. The van der Waals surface area contributed by atoms with Crippen molar-refractivity contribution in [3.63, 3.8) is 0 Å². The molecule has 3 nitrogen and oxygen atoms in total. The zero-order chi connectivity index (χ0) is 13.4. The molecule has 0 atom stereocenters. The number of unbranched alkanes of at least 4 members (excludes halogenated alkanes) is 5. The molecule has 0 heterocycles. The van der Waals surface area contributed by atoms with Crippen molar-refractivity contribution < 1.29 is 14.6 Å². The summed E-state index contributed by atoms with van der Waals surface area (Å²) in [6, 6.07) is 0. The molecule has 0 rings (SSSR count). The first-order chi connectivity index (χ1) is 8.22. The number of aliphatic hydroxyl groups excluding tert-OH is 1. The Bertz CT molecular complexity index is 106. The first-order valence-electron chi connectivity index (χ1n) is 7.06. The maximum atomic E-state index is 8.42. The summed E-state index contributed by atoms with van der Waals surface area (Å²) in [5, 5.41) is 8.42. The van der Waals surface area contributed by atoms with Gasteiger partial charge in [0.15, 0.2) is 6.29 Å². The third kappa shape index (κ3) is 21.7. The molecule has 0 aliphatic rings. The highest BCUT2D eigenvalue weighted by Gasteiger charge is 1.94. The van der Waals surface area contributed by atoms with Crippen LogP contribution in [0.2, 0.25) is 0 Å². The Balaban J connectivity index is 0. The topological polar surface area (TPSA) is 38.7 Å². The lowest BCUT2D eigenvalue weighted by Gasteiger charge is -2.09. The van der Waals surface area contributed by atoms with Gasteiger partial charge in [-0.25, -0.2) is 0 Å². The molecule has 0 amide bonds. The predicted molar refractivity (Wildman–Crippen MR) is 73.2 cm³/mol. The molecule has 17 heavy (non-hydrogen) atoms. The predicted octanol–water partition coefficient (Wildman–Crippen LogP) is 3.74. The quantitative estimate of drug-likeness (QED) is 0.473. The first-order valence-corrected chi connectivity index (χ1v) is 7.06. The van der Waals surface area contributed by atoms with E-state index in [1.165, 1.54) is 32.1 Å². The van der Waals surface area contributed by atoms with E-state index in [1.807, 2.05) is 20.8 Å². The average molecular weight is 248 g/mol. The summed E-state index contributed by atoms with van der Waals surface area (Å²) in [6.45, 7) is 9.83. The van der Waals surface area contributed by atoms with Crippen LogP contribution < -0.4 is 0 Å². The van der Waals surface area contributed by atoms with Crippen molar-refractivity contribution in [2.75, 3.05) is 19.8 Å². The van der Waals surface area contributed by atoms with Crippen LogP contribution in [0.4, 0.5) is 0 Å². The molecule has 0 aliphatic heterocycles. The van der Waals surface area contributed by atoms with E-state index in [0.717, 1.165) is 19.6 Å². The smallest absolute Gasteiger partial charge is 0.154 e. The number of hydrogen-bond donors (Lipinski definition) is 1. The van der Waals surface area contributed by atoms with Crippen LogP contribution in [0.15, 0.2) is 0 Å². The molecular weight excluding hydrogens is 216 g/mol. The Morgan fingerprint density at radius 1 is 0.824 bits per heavy atom. The minimum atomic E-state index is -0.0370. The van der Waals surface area contributed by atoms with E-state index < -0.39 is 0 Å². The molecule has 0 bridgehead atoms. The lowest BCUT2D eigenvalue weighted by atomic mass is 10.1. The van der Waals surface area contributed by atoms with Crippen molar-refractivity contribution in [2.24, 2.45) is 0 Å². The molecule has 0 spiro atoms. The molecule has 0 saturated carbocycles. The normalized spacial score (nSPS) is 10.2. The van der Waals surface area contributed by atoms with Gasteiger partial charge in [-0.1, -0.05) is 39.0 Å². The number of hydrogen-bond acceptors (Lipinski definition) is 3. The van der Waals surface area contributed by atoms with Crippen molar-refractivity contribution in [2.45, 2.75) is 72.5 Å². The molecule has 0 unspecified atom stereocenters. The van der Waals surface area contributed by atoms with Gasteiger partial charge in [-0.15, -0.1) is 0 Å². The summed E-state index contributed by atoms with van der Waals surface area (Å²) in [4.78, 5) is 0. The van der Waals surface area contributed by atoms with E-state index in [4.69, 9.17) is 14.6 Å². The minimum Gasteiger partial charge on any atom is -0.396 e. The Kier molecular flexibility index (Phi) is 20.6. The molecule has 0 aromatic carbocycles. The Morgan fingerprint density at radius 3 is 1.71 bits per heavy atom. The molecule has 106 valence electrons. The van der Waals surface area contributed by atoms with Crippen LogP contribution in [0, 0.1) is 0 Å². The van der Waals surface area contributed by atoms with E-state index in [9.17, 15) is 0 Å². The van der Waals surface area contributed by atoms with Crippen LogP contribution in [-0.2, 0) is 9.47 Å². The molecule has 0 radical (unpaired) electrons. The highest BCUT2D eigenvalue weighted by molar-refractivity contribution is 4.41. The SMILES string of the molecule is CCCCCCCCO.CCOC(C)OCC. The van der Waals surface area contributed by atoms with Gasteiger partial charge < -0.3 is 14.6 Å². The molecule has 0 aromatic heterocycles. The van der Waals surface area contributed by atoms with Gasteiger partial charge in [0.2, 0.25) is 0 Å². The zero-order valence-electron chi connectivity index (χ0n) is 12.2. The summed E-state index contributed by atoms with van der Waals surface area (Å²) in [6.07, 6.45) is 7.46. The fourth-order valence-electron chi connectivity index (χ4n) is 1.41. The van der Waals surface area contributed by atoms with Gasteiger partial charge in [0.25, 0.3) is 0 Å². The highest BCUT2D eigenvalue weighted by atomic mass is 16.7. The van der Waals surface area contributed by atoms with Gasteiger partial charge in [0.05, 0.1) is 0 Å². The van der Waals surface area contributed by atoms with Gasteiger partial charge in [-0.3, -0.25) is 0 Å². The standard InChI is InChI=1S/C8H18O.C6H14O2/c1-2-3-4-5-6-7-8-9;1-4-7-6(3)8-5-2/h9H,2-8H2,1H3;6H,4-5H2,1-3H3. The van der Waals surface area contributed by atoms with Crippen LogP contribution in [0.3, 0.4) is 0 Å². The van der Waals surface area contributed by atoms with E-state index in [-0.39, 0.29) is 6.29 Å². The molecule has 0 saturated heterocycles. The summed E-state index contributed by atoms with van der Waals surface area (Å²) >= 11 is 0. The van der Waals surface area contributed by atoms with Gasteiger partial charge >= 0.3 is 0 Å². The van der Waals surface area contributed by atoms with Crippen molar-refractivity contribution in [3.05, 3.63) is 0 Å². The van der Waals surface area contributed by atoms with Crippen molar-refractivity contribution in [3.8, 4) is 0 Å². The fourth-order valence-corrected chi connectivity index (χ4v) is 1.41. The van der Waals surface area contributed by atoms with Gasteiger partial charge in [-0.2, -0.15) is 0 Å². The van der Waals surface area contributed by atoms with Gasteiger partial charge in [0.1, 0.15) is 0 Å². The van der Waals surface area contributed by atoms with Gasteiger partial charge in [0, 0.05) is 19.8 Å². The first kappa shape index (κ1) is 19.2. The lowest BCUT2D eigenvalue weighted by Crippen LogP contribution is -2.11. The summed E-state index contributed by atoms with van der Waals surface area (Å²) in [7, 11) is 0. The monoisotopic (exact) mass is 248 g/mol. The van der Waals surface area contributed by atoms with Crippen LogP contribution in [0.1, 0.15) is 66.2 Å². The maximum absolute atomic E-state index is 8.42.